The molecule has 1 saturated heterocycles. The van der Waals surface area contributed by atoms with Gasteiger partial charge in [0.1, 0.15) is 5.60 Å². The largest absolute Gasteiger partial charge is 0.393 e. The van der Waals surface area contributed by atoms with Gasteiger partial charge >= 0.3 is 0 Å². The first-order chi connectivity index (χ1) is 18.5. The normalized spacial score (nSPS) is 39.9. The van der Waals surface area contributed by atoms with Gasteiger partial charge in [0.05, 0.1) is 12.2 Å². The molecule has 39 heavy (non-hydrogen) atoms. The minimum absolute atomic E-state index is 0.0452. The van der Waals surface area contributed by atoms with Crippen molar-refractivity contribution in [3.63, 3.8) is 0 Å². The molecule has 8 atom stereocenters. The number of nitrogens with zero attached hydrogens (tertiary/aromatic N) is 1. The quantitative estimate of drug-likeness (QED) is 0.438. The highest BCUT2D eigenvalue weighted by Crippen LogP contribution is 2.60. The molecule has 4 aliphatic rings. The summed E-state index contributed by atoms with van der Waals surface area (Å²) in [6.07, 6.45) is 11.4. The van der Waals surface area contributed by atoms with Gasteiger partial charge in [0, 0.05) is 25.4 Å². The number of carbonyl (C=O) groups excluding carboxylic acids is 1. The van der Waals surface area contributed by atoms with Gasteiger partial charge in [-0.3, -0.25) is 4.79 Å². The number of allylic oxidation sites excluding steroid dienone is 3. The van der Waals surface area contributed by atoms with E-state index in [1.165, 1.54) is 31.3 Å². The average Bonchev–Trinajstić information content (AvgIpc) is 3.35. The van der Waals surface area contributed by atoms with Gasteiger partial charge in [0.15, 0.2) is 0 Å². The van der Waals surface area contributed by atoms with Gasteiger partial charge in [0.25, 0.3) is 5.91 Å². The number of aliphatic hydroxyl groups excluding tert-OH is 2. The molecule has 0 spiro atoms. The van der Waals surface area contributed by atoms with Crippen LogP contribution < -0.4 is 0 Å². The van der Waals surface area contributed by atoms with E-state index in [2.05, 4.69) is 44.7 Å². The lowest BCUT2D eigenvalue weighted by Crippen LogP contribution is -2.40. The highest BCUT2D eigenvalue weighted by atomic mass is 16.3. The molecule has 0 unspecified atom stereocenters. The third-order valence-electron chi connectivity index (χ3n) is 10.6. The number of benzene rings is 1. The van der Waals surface area contributed by atoms with Crippen LogP contribution in [0.2, 0.25) is 0 Å². The molecule has 5 rings (SSSR count). The Kier molecular flexibility index (Phi) is 7.98. The number of amides is 1. The second-order valence-electron chi connectivity index (χ2n) is 13.4. The van der Waals surface area contributed by atoms with Crippen molar-refractivity contribution in [3.8, 4) is 0 Å². The second-order valence-corrected chi connectivity index (χ2v) is 13.4. The summed E-state index contributed by atoms with van der Waals surface area (Å²) in [5, 5.41) is 31.3. The molecule has 212 valence electrons. The fourth-order valence-corrected chi connectivity index (χ4v) is 8.60. The zero-order valence-electron chi connectivity index (χ0n) is 24.0. The predicted molar refractivity (Wildman–Crippen MR) is 155 cm³/mol. The van der Waals surface area contributed by atoms with E-state index in [1.807, 2.05) is 23.1 Å². The Balaban J connectivity index is 1.31. The van der Waals surface area contributed by atoms with Crippen LogP contribution in [0.4, 0.5) is 0 Å². The van der Waals surface area contributed by atoms with E-state index < -0.39 is 17.8 Å². The third kappa shape index (κ3) is 5.55. The molecule has 5 nitrogen and oxygen atoms in total. The smallest absolute Gasteiger partial charge is 0.254 e. The van der Waals surface area contributed by atoms with Crippen molar-refractivity contribution in [1.82, 2.24) is 4.90 Å². The van der Waals surface area contributed by atoms with Crippen LogP contribution in [-0.4, -0.2) is 50.0 Å². The number of hydrogen-bond donors (Lipinski definition) is 3. The molecule has 3 saturated carbocycles. The summed E-state index contributed by atoms with van der Waals surface area (Å²) >= 11 is 0. The number of fused-ring (bicyclic) bond motifs is 1. The van der Waals surface area contributed by atoms with Crippen LogP contribution in [0.3, 0.4) is 0 Å². The molecule has 1 aromatic carbocycles. The van der Waals surface area contributed by atoms with Crippen LogP contribution in [0.15, 0.2) is 65.8 Å². The van der Waals surface area contributed by atoms with Crippen LogP contribution in [0.5, 0.6) is 0 Å². The maximum atomic E-state index is 13.2. The van der Waals surface area contributed by atoms with Gasteiger partial charge < -0.3 is 20.2 Å². The fourth-order valence-electron chi connectivity index (χ4n) is 8.60. The molecule has 1 aromatic rings. The molecule has 3 aliphatic carbocycles. The van der Waals surface area contributed by atoms with Crippen LogP contribution in [-0.2, 0) is 11.3 Å². The lowest BCUT2D eigenvalue weighted by Gasteiger charge is -2.45. The highest BCUT2D eigenvalue weighted by molar-refractivity contribution is 5.87. The van der Waals surface area contributed by atoms with E-state index >= 15 is 0 Å². The summed E-state index contributed by atoms with van der Waals surface area (Å²) in [4.78, 5) is 15.1. The lowest BCUT2D eigenvalue weighted by molar-refractivity contribution is -0.142. The van der Waals surface area contributed by atoms with E-state index in [-0.39, 0.29) is 17.4 Å². The Hall–Kier alpha value is -2.21. The van der Waals surface area contributed by atoms with Gasteiger partial charge in [-0.2, -0.15) is 0 Å². The highest BCUT2D eigenvalue weighted by Gasteiger charge is 2.53. The maximum Gasteiger partial charge on any atom is 0.254 e. The van der Waals surface area contributed by atoms with Crippen molar-refractivity contribution in [2.24, 2.45) is 23.2 Å². The van der Waals surface area contributed by atoms with Crippen molar-refractivity contribution in [3.05, 3.63) is 71.3 Å². The van der Waals surface area contributed by atoms with Gasteiger partial charge in [-0.15, -0.1) is 0 Å². The Morgan fingerprint density at radius 2 is 1.90 bits per heavy atom. The molecule has 1 heterocycles. The molecular weight excluding hydrogens is 486 g/mol. The van der Waals surface area contributed by atoms with E-state index in [1.54, 1.807) is 6.92 Å². The van der Waals surface area contributed by atoms with Crippen molar-refractivity contribution in [1.29, 1.82) is 0 Å². The summed E-state index contributed by atoms with van der Waals surface area (Å²) in [5.41, 5.74) is 3.25. The van der Waals surface area contributed by atoms with Crippen molar-refractivity contribution < 1.29 is 20.1 Å². The third-order valence-corrected chi connectivity index (χ3v) is 10.6. The monoisotopic (exact) mass is 533 g/mol. The van der Waals surface area contributed by atoms with Crippen LogP contribution in [0.1, 0.15) is 84.1 Å². The minimum atomic E-state index is -1.29. The molecule has 0 radical (unpaired) electrons. The Bertz CT molecular complexity index is 1140. The molecule has 0 bridgehead atoms. The molecule has 0 aromatic heterocycles. The molecule has 1 aliphatic heterocycles. The number of hydrogen-bond acceptors (Lipinski definition) is 4. The first-order valence-electron chi connectivity index (χ1n) is 15.0. The van der Waals surface area contributed by atoms with Crippen molar-refractivity contribution in [2.75, 3.05) is 0 Å². The number of likely N-dealkylation sites (tertiary alicyclic amines) is 1. The van der Waals surface area contributed by atoms with Gasteiger partial charge in [-0.05, 0) is 91.7 Å². The summed E-state index contributed by atoms with van der Waals surface area (Å²) in [5.74, 6) is 1.42. The van der Waals surface area contributed by atoms with E-state index in [0.29, 0.717) is 43.6 Å². The Morgan fingerprint density at radius 3 is 2.64 bits per heavy atom. The zero-order chi connectivity index (χ0) is 27.9. The Labute approximate surface area is 234 Å². The SMILES string of the molecule is C=C1/C(=C\C=C2\CCC[C@]3(C)[C@@H]([C@H](C)C[C@H]4C[C@](C)(O)C(=O)N4Cc4ccccc4)CC[C@@H]23)C[C@@H](O)C[C@@H]1O. The molecule has 3 N–H and O–H groups in total. The number of aliphatic hydroxyl groups is 3. The first kappa shape index (κ1) is 28.3. The summed E-state index contributed by atoms with van der Waals surface area (Å²) in [7, 11) is 0. The lowest BCUT2D eigenvalue weighted by atomic mass is 9.60. The number of carbonyl (C=O) groups is 1. The summed E-state index contributed by atoms with van der Waals surface area (Å²) < 4.78 is 0. The second kappa shape index (κ2) is 11.0. The topological polar surface area (TPSA) is 81.0 Å². The molecule has 5 heteroatoms. The van der Waals surface area contributed by atoms with Gasteiger partial charge in [0.2, 0.25) is 0 Å². The summed E-state index contributed by atoms with van der Waals surface area (Å²) in [6, 6.07) is 10.2. The van der Waals surface area contributed by atoms with Crippen LogP contribution in [0, 0.1) is 23.2 Å². The fraction of sp³-hybridized carbons (Fsp3) is 0.618. The van der Waals surface area contributed by atoms with Crippen molar-refractivity contribution >= 4 is 5.91 Å². The van der Waals surface area contributed by atoms with Crippen molar-refractivity contribution in [2.45, 2.75) is 109 Å². The first-order valence-corrected chi connectivity index (χ1v) is 15.0. The van der Waals surface area contributed by atoms with Crippen LogP contribution in [0.25, 0.3) is 0 Å². The predicted octanol–water partition coefficient (Wildman–Crippen LogP) is 5.71. The number of rotatable bonds is 6. The average molecular weight is 534 g/mol. The molecule has 1 amide bonds. The van der Waals surface area contributed by atoms with E-state index in [0.717, 1.165) is 29.6 Å². The van der Waals surface area contributed by atoms with E-state index in [4.69, 9.17) is 0 Å². The maximum absolute atomic E-state index is 13.2. The Morgan fingerprint density at radius 1 is 1.15 bits per heavy atom. The molecular formula is C34H47NO4. The van der Waals surface area contributed by atoms with Gasteiger partial charge in [-0.1, -0.05) is 68.5 Å². The van der Waals surface area contributed by atoms with E-state index in [9.17, 15) is 20.1 Å². The standard InChI is InChI=1S/C34H47NO4/c1-22(17-27-20-34(4,39)32(38)35(27)21-24-9-6-5-7-10-24)29-14-15-30-25(11-8-16-33(29,30)3)12-13-26-18-28(36)19-31(37)23(26)2/h5-7,9-10,12-13,22,27-31,36-37,39H,2,8,11,14-21H2,1,3-4H3/b25-12-,26-13-/t22-,27+,28-,29-,30+,31+,33-,34+/m1/s1. The summed E-state index contributed by atoms with van der Waals surface area (Å²) in [6.45, 7) is 11.2. The van der Waals surface area contributed by atoms with Crippen LogP contribution >= 0.6 is 0 Å². The zero-order valence-corrected chi connectivity index (χ0v) is 24.0. The molecule has 4 fully saturated rings. The minimum Gasteiger partial charge on any atom is -0.393 e. The van der Waals surface area contributed by atoms with Gasteiger partial charge in [-0.25, -0.2) is 0 Å².